The van der Waals surface area contributed by atoms with Crippen molar-refractivity contribution in [2.24, 2.45) is 5.73 Å². The van der Waals surface area contributed by atoms with Crippen LogP contribution in [0.4, 0.5) is 0 Å². The van der Waals surface area contributed by atoms with Crippen LogP contribution in [0.1, 0.15) is 18.5 Å². The van der Waals surface area contributed by atoms with Crippen LogP contribution < -0.4 is 11.1 Å². The molecular formula is C13H19N3O. The van der Waals surface area contributed by atoms with Gasteiger partial charge >= 0.3 is 0 Å². The van der Waals surface area contributed by atoms with E-state index in [9.17, 15) is 4.79 Å². The van der Waals surface area contributed by atoms with Gasteiger partial charge in [0.1, 0.15) is 0 Å². The summed E-state index contributed by atoms with van der Waals surface area (Å²) < 4.78 is 0. The number of piperazine rings is 1. The van der Waals surface area contributed by atoms with Crippen molar-refractivity contribution in [2.75, 3.05) is 19.6 Å². The Morgan fingerprint density at radius 2 is 2.18 bits per heavy atom. The van der Waals surface area contributed by atoms with Crippen molar-refractivity contribution in [1.82, 2.24) is 10.2 Å². The molecule has 1 heterocycles. The number of benzene rings is 1. The molecule has 1 aliphatic heterocycles. The van der Waals surface area contributed by atoms with Crippen molar-refractivity contribution >= 4 is 5.91 Å². The van der Waals surface area contributed by atoms with Crippen molar-refractivity contribution in [2.45, 2.75) is 19.0 Å². The molecule has 1 aliphatic rings. The van der Waals surface area contributed by atoms with Crippen LogP contribution >= 0.6 is 0 Å². The van der Waals surface area contributed by atoms with Gasteiger partial charge in [-0.25, -0.2) is 0 Å². The first kappa shape index (κ1) is 12.1. The Kier molecular flexibility index (Phi) is 3.76. The van der Waals surface area contributed by atoms with Gasteiger partial charge in [0, 0.05) is 25.7 Å². The molecule has 3 N–H and O–H groups in total. The van der Waals surface area contributed by atoms with E-state index in [4.69, 9.17) is 5.73 Å². The molecule has 2 atom stereocenters. The van der Waals surface area contributed by atoms with Gasteiger partial charge in [-0.05, 0) is 12.5 Å². The van der Waals surface area contributed by atoms with Crippen molar-refractivity contribution < 1.29 is 4.79 Å². The number of carbonyl (C=O) groups is 1. The highest BCUT2D eigenvalue weighted by molar-refractivity contribution is 5.81. The van der Waals surface area contributed by atoms with Gasteiger partial charge in [-0.2, -0.15) is 0 Å². The maximum absolute atomic E-state index is 11.5. The van der Waals surface area contributed by atoms with E-state index in [0.29, 0.717) is 6.54 Å². The first-order valence-electron chi connectivity index (χ1n) is 6.01. The lowest BCUT2D eigenvalue weighted by molar-refractivity contribution is -0.128. The molecule has 1 aromatic carbocycles. The van der Waals surface area contributed by atoms with Crippen LogP contribution in [-0.4, -0.2) is 36.5 Å². The van der Waals surface area contributed by atoms with Crippen LogP contribution in [0.15, 0.2) is 30.3 Å². The number of nitrogens with zero attached hydrogens (tertiary/aromatic N) is 1. The van der Waals surface area contributed by atoms with Crippen LogP contribution in [0.3, 0.4) is 0 Å². The van der Waals surface area contributed by atoms with E-state index < -0.39 is 0 Å². The summed E-state index contributed by atoms with van der Waals surface area (Å²) in [6.45, 7) is 4.23. The zero-order chi connectivity index (χ0) is 12.3. The topological polar surface area (TPSA) is 58.4 Å². The molecule has 1 aromatic rings. The lowest BCUT2D eigenvalue weighted by Gasteiger charge is -2.34. The average molecular weight is 233 g/mol. The Morgan fingerprint density at radius 3 is 2.88 bits per heavy atom. The van der Waals surface area contributed by atoms with Gasteiger partial charge in [0.15, 0.2) is 0 Å². The van der Waals surface area contributed by atoms with E-state index in [2.05, 4.69) is 10.2 Å². The molecule has 2 rings (SSSR count). The maximum Gasteiger partial charge on any atom is 0.237 e. The van der Waals surface area contributed by atoms with Crippen molar-refractivity contribution in [1.29, 1.82) is 0 Å². The Balaban J connectivity index is 1.99. The SMILES string of the molecule is CC1C(=O)NCCN1CC(N)c1ccccc1. The highest BCUT2D eigenvalue weighted by atomic mass is 16.2. The number of amides is 1. The summed E-state index contributed by atoms with van der Waals surface area (Å²) in [5, 5.41) is 2.85. The Morgan fingerprint density at radius 1 is 1.47 bits per heavy atom. The van der Waals surface area contributed by atoms with Gasteiger partial charge in [0.2, 0.25) is 5.91 Å². The average Bonchev–Trinajstić information content (AvgIpc) is 2.36. The molecule has 0 saturated carbocycles. The van der Waals surface area contributed by atoms with E-state index in [1.165, 1.54) is 0 Å². The second kappa shape index (κ2) is 5.29. The Bertz CT molecular complexity index is 380. The fourth-order valence-corrected chi connectivity index (χ4v) is 2.14. The number of hydrogen-bond acceptors (Lipinski definition) is 3. The predicted molar refractivity (Wildman–Crippen MR) is 67.4 cm³/mol. The summed E-state index contributed by atoms with van der Waals surface area (Å²) in [5.74, 6) is 0.0940. The lowest BCUT2D eigenvalue weighted by atomic mass is 10.1. The maximum atomic E-state index is 11.5. The minimum absolute atomic E-state index is 0.0375. The second-order valence-electron chi connectivity index (χ2n) is 4.48. The minimum atomic E-state index is -0.0847. The van der Waals surface area contributed by atoms with Crippen LogP contribution in [0.5, 0.6) is 0 Å². The third-order valence-electron chi connectivity index (χ3n) is 3.28. The van der Waals surface area contributed by atoms with Crippen molar-refractivity contribution in [3.63, 3.8) is 0 Å². The number of nitrogens with one attached hydrogen (secondary N) is 1. The van der Waals surface area contributed by atoms with Gasteiger partial charge in [-0.1, -0.05) is 30.3 Å². The Labute approximate surface area is 102 Å². The van der Waals surface area contributed by atoms with Gasteiger partial charge in [0.05, 0.1) is 6.04 Å². The first-order chi connectivity index (χ1) is 8.18. The molecule has 17 heavy (non-hydrogen) atoms. The quantitative estimate of drug-likeness (QED) is 0.799. The summed E-state index contributed by atoms with van der Waals surface area (Å²) in [5.41, 5.74) is 7.28. The van der Waals surface area contributed by atoms with Crippen LogP contribution in [0, 0.1) is 0 Å². The largest absolute Gasteiger partial charge is 0.353 e. The second-order valence-corrected chi connectivity index (χ2v) is 4.48. The van der Waals surface area contributed by atoms with Gasteiger partial charge < -0.3 is 11.1 Å². The van der Waals surface area contributed by atoms with E-state index in [-0.39, 0.29) is 18.0 Å². The molecule has 0 radical (unpaired) electrons. The predicted octanol–water partition coefficient (Wildman–Crippen LogP) is 0.507. The summed E-state index contributed by atoms with van der Waals surface area (Å²) in [4.78, 5) is 13.7. The van der Waals surface area contributed by atoms with Gasteiger partial charge in [-0.3, -0.25) is 9.69 Å². The molecule has 0 aliphatic carbocycles. The molecule has 0 bridgehead atoms. The standard InChI is InChI=1S/C13H19N3O/c1-10-13(17)15-7-8-16(10)9-12(14)11-5-3-2-4-6-11/h2-6,10,12H,7-9,14H2,1H3,(H,15,17). The third kappa shape index (κ3) is 2.84. The fraction of sp³-hybridized carbons (Fsp3) is 0.462. The fourth-order valence-electron chi connectivity index (χ4n) is 2.14. The van der Waals surface area contributed by atoms with Crippen molar-refractivity contribution in [3.8, 4) is 0 Å². The van der Waals surface area contributed by atoms with E-state index >= 15 is 0 Å². The normalized spacial score (nSPS) is 23.2. The monoisotopic (exact) mass is 233 g/mol. The molecule has 1 fully saturated rings. The van der Waals surface area contributed by atoms with E-state index in [0.717, 1.165) is 18.7 Å². The lowest BCUT2D eigenvalue weighted by Crippen LogP contribution is -2.55. The molecule has 0 spiro atoms. The minimum Gasteiger partial charge on any atom is -0.353 e. The highest BCUT2D eigenvalue weighted by Crippen LogP contribution is 2.14. The molecule has 4 nitrogen and oxygen atoms in total. The van der Waals surface area contributed by atoms with Crippen LogP contribution in [0.2, 0.25) is 0 Å². The summed E-state index contributed by atoms with van der Waals surface area (Å²) in [6, 6.07) is 9.89. The number of nitrogens with two attached hydrogens (primary N) is 1. The third-order valence-corrected chi connectivity index (χ3v) is 3.28. The molecule has 0 aromatic heterocycles. The molecule has 1 saturated heterocycles. The molecule has 2 unspecified atom stereocenters. The summed E-state index contributed by atoms with van der Waals surface area (Å²) >= 11 is 0. The van der Waals surface area contributed by atoms with Crippen LogP contribution in [-0.2, 0) is 4.79 Å². The molecular weight excluding hydrogens is 214 g/mol. The highest BCUT2D eigenvalue weighted by Gasteiger charge is 2.26. The van der Waals surface area contributed by atoms with E-state index in [1.807, 2.05) is 37.3 Å². The number of hydrogen-bond donors (Lipinski definition) is 2. The molecule has 4 heteroatoms. The van der Waals surface area contributed by atoms with Crippen molar-refractivity contribution in [3.05, 3.63) is 35.9 Å². The van der Waals surface area contributed by atoms with E-state index in [1.54, 1.807) is 0 Å². The zero-order valence-corrected chi connectivity index (χ0v) is 10.1. The van der Waals surface area contributed by atoms with Crippen LogP contribution in [0.25, 0.3) is 0 Å². The summed E-state index contributed by atoms with van der Waals surface area (Å²) in [7, 11) is 0. The van der Waals surface area contributed by atoms with Gasteiger partial charge in [0.25, 0.3) is 0 Å². The molecule has 1 amide bonds. The number of carbonyl (C=O) groups excluding carboxylic acids is 1. The van der Waals surface area contributed by atoms with Gasteiger partial charge in [-0.15, -0.1) is 0 Å². The summed E-state index contributed by atoms with van der Waals surface area (Å²) in [6.07, 6.45) is 0. The smallest absolute Gasteiger partial charge is 0.237 e. The zero-order valence-electron chi connectivity index (χ0n) is 10.1. The number of rotatable bonds is 3. The Hall–Kier alpha value is -1.39. The molecule has 92 valence electrons. The first-order valence-corrected chi connectivity index (χ1v) is 6.01.